The molecule has 120 valence electrons. The van der Waals surface area contributed by atoms with E-state index in [1.807, 2.05) is 6.07 Å². The zero-order chi connectivity index (χ0) is 16.9. The van der Waals surface area contributed by atoms with Gasteiger partial charge in [0.15, 0.2) is 0 Å². The first kappa shape index (κ1) is 18.4. The average Bonchev–Trinajstić information content (AvgIpc) is 2.35. The lowest BCUT2D eigenvalue weighted by Gasteiger charge is -2.24. The summed E-state index contributed by atoms with van der Waals surface area (Å²) in [5.41, 5.74) is -0.133. The van der Waals surface area contributed by atoms with Crippen LogP contribution in [0.5, 0.6) is 0 Å². The summed E-state index contributed by atoms with van der Waals surface area (Å²) in [6.07, 6.45) is -0.475. The predicted molar refractivity (Wildman–Crippen MR) is 90.6 cm³/mol. The first-order valence-corrected chi connectivity index (χ1v) is 7.76. The Morgan fingerprint density at radius 2 is 1.91 bits per heavy atom. The molecule has 1 aromatic rings. The van der Waals surface area contributed by atoms with Gasteiger partial charge in [0.25, 0.3) is 5.91 Å². The third kappa shape index (κ3) is 6.42. The standard InChI is InChI=1S/C15H19IN2O4/c1-15(2,3)18-14(22)11(8-12(19)20)17-13(21)9-5-4-6-10(16)7-9/h4-7,11H,8H2,1-3H3,(H,17,21)(H,18,22)(H,19,20)/t11-/m0/s1. The van der Waals surface area contributed by atoms with Gasteiger partial charge >= 0.3 is 5.97 Å². The molecule has 0 aliphatic carbocycles. The van der Waals surface area contributed by atoms with E-state index in [2.05, 4.69) is 33.2 Å². The minimum atomic E-state index is -1.16. The Kier molecular flexibility index (Phi) is 6.34. The SMILES string of the molecule is CC(C)(C)NC(=O)[C@H](CC(=O)O)NC(=O)c1cccc(I)c1. The van der Waals surface area contributed by atoms with E-state index in [9.17, 15) is 14.4 Å². The van der Waals surface area contributed by atoms with E-state index < -0.39 is 35.8 Å². The number of hydrogen-bond acceptors (Lipinski definition) is 3. The Hall–Kier alpha value is -1.64. The van der Waals surface area contributed by atoms with E-state index in [0.717, 1.165) is 3.57 Å². The van der Waals surface area contributed by atoms with Crippen LogP contribution in [0, 0.1) is 3.57 Å². The molecule has 6 nitrogen and oxygen atoms in total. The number of aliphatic carboxylic acids is 1. The first-order chi connectivity index (χ1) is 10.1. The van der Waals surface area contributed by atoms with Crippen molar-refractivity contribution in [2.24, 2.45) is 0 Å². The highest BCUT2D eigenvalue weighted by Crippen LogP contribution is 2.09. The van der Waals surface area contributed by atoms with Gasteiger partial charge in [-0.15, -0.1) is 0 Å². The predicted octanol–water partition coefficient (Wildman–Crippen LogP) is 1.78. The minimum Gasteiger partial charge on any atom is -0.481 e. The van der Waals surface area contributed by atoms with Crippen molar-refractivity contribution in [3.8, 4) is 0 Å². The van der Waals surface area contributed by atoms with Crippen LogP contribution in [0.2, 0.25) is 0 Å². The summed E-state index contributed by atoms with van der Waals surface area (Å²) in [5, 5.41) is 14.1. The zero-order valence-corrected chi connectivity index (χ0v) is 14.8. The van der Waals surface area contributed by atoms with Crippen LogP contribution < -0.4 is 10.6 Å². The molecular formula is C15H19IN2O4. The lowest BCUT2D eigenvalue weighted by atomic mass is 10.1. The van der Waals surface area contributed by atoms with Crippen molar-refractivity contribution in [2.75, 3.05) is 0 Å². The quantitative estimate of drug-likeness (QED) is 0.636. The van der Waals surface area contributed by atoms with E-state index >= 15 is 0 Å². The monoisotopic (exact) mass is 418 g/mol. The number of halogens is 1. The van der Waals surface area contributed by atoms with Gasteiger partial charge in [0.1, 0.15) is 6.04 Å². The molecular weight excluding hydrogens is 399 g/mol. The number of carboxylic acids is 1. The molecule has 22 heavy (non-hydrogen) atoms. The van der Waals surface area contributed by atoms with E-state index in [-0.39, 0.29) is 0 Å². The largest absolute Gasteiger partial charge is 0.481 e. The number of hydrogen-bond donors (Lipinski definition) is 3. The Bertz CT molecular complexity index is 581. The van der Waals surface area contributed by atoms with Crippen LogP contribution in [0.25, 0.3) is 0 Å². The molecule has 0 fully saturated rings. The number of carbonyl (C=O) groups excluding carboxylic acids is 2. The molecule has 0 aliphatic rings. The van der Waals surface area contributed by atoms with Gasteiger partial charge in [0, 0.05) is 14.7 Å². The second-order valence-electron chi connectivity index (χ2n) is 5.87. The summed E-state index contributed by atoms with van der Waals surface area (Å²) in [7, 11) is 0. The molecule has 1 atom stereocenters. The van der Waals surface area contributed by atoms with Crippen molar-refractivity contribution in [1.82, 2.24) is 10.6 Å². The van der Waals surface area contributed by atoms with Crippen molar-refractivity contribution in [3.63, 3.8) is 0 Å². The van der Waals surface area contributed by atoms with Crippen molar-refractivity contribution < 1.29 is 19.5 Å². The molecule has 0 heterocycles. The fourth-order valence-corrected chi connectivity index (χ4v) is 2.26. The summed E-state index contributed by atoms with van der Waals surface area (Å²) >= 11 is 2.07. The van der Waals surface area contributed by atoms with Gasteiger partial charge < -0.3 is 15.7 Å². The summed E-state index contributed by atoms with van der Waals surface area (Å²) in [4.78, 5) is 35.2. The second-order valence-corrected chi connectivity index (χ2v) is 7.12. The maximum atomic E-state index is 12.2. The molecule has 0 bridgehead atoms. The number of rotatable bonds is 5. The van der Waals surface area contributed by atoms with Gasteiger partial charge in [-0.2, -0.15) is 0 Å². The first-order valence-electron chi connectivity index (χ1n) is 6.69. The molecule has 0 radical (unpaired) electrons. The third-order valence-electron chi connectivity index (χ3n) is 2.59. The summed E-state index contributed by atoms with van der Waals surface area (Å²) in [6.45, 7) is 5.35. The Morgan fingerprint density at radius 1 is 1.27 bits per heavy atom. The second kappa shape index (κ2) is 7.57. The van der Waals surface area contributed by atoms with Crippen molar-refractivity contribution in [3.05, 3.63) is 33.4 Å². The average molecular weight is 418 g/mol. The smallest absolute Gasteiger partial charge is 0.305 e. The maximum absolute atomic E-state index is 12.2. The summed E-state index contributed by atoms with van der Waals surface area (Å²) < 4.78 is 0.874. The molecule has 0 saturated heterocycles. The van der Waals surface area contributed by atoms with Crippen molar-refractivity contribution in [1.29, 1.82) is 0 Å². The molecule has 0 saturated carbocycles. The summed E-state index contributed by atoms with van der Waals surface area (Å²) in [5.74, 6) is -2.15. The molecule has 2 amide bonds. The maximum Gasteiger partial charge on any atom is 0.305 e. The number of carboxylic acid groups (broad SMARTS) is 1. The van der Waals surface area contributed by atoms with Gasteiger partial charge in [0.2, 0.25) is 5.91 Å². The van der Waals surface area contributed by atoms with Crippen LogP contribution in [-0.2, 0) is 9.59 Å². The van der Waals surface area contributed by atoms with Crippen LogP contribution in [0.4, 0.5) is 0 Å². The highest BCUT2D eigenvalue weighted by atomic mass is 127. The number of carbonyl (C=O) groups is 3. The fraction of sp³-hybridized carbons (Fsp3) is 0.400. The number of amides is 2. The zero-order valence-electron chi connectivity index (χ0n) is 12.6. The van der Waals surface area contributed by atoms with Crippen LogP contribution in [-0.4, -0.2) is 34.5 Å². The molecule has 0 aromatic heterocycles. The molecule has 1 aromatic carbocycles. The molecule has 0 unspecified atom stereocenters. The van der Waals surface area contributed by atoms with Crippen molar-refractivity contribution >= 4 is 40.4 Å². The minimum absolute atomic E-state index is 0.380. The van der Waals surface area contributed by atoms with Gasteiger partial charge in [-0.3, -0.25) is 14.4 Å². The van der Waals surface area contributed by atoms with Crippen molar-refractivity contribution in [2.45, 2.75) is 38.8 Å². The number of benzene rings is 1. The lowest BCUT2D eigenvalue weighted by molar-refractivity contribution is -0.140. The van der Waals surface area contributed by atoms with Gasteiger partial charge in [-0.05, 0) is 61.6 Å². The van der Waals surface area contributed by atoms with Crippen LogP contribution in [0.1, 0.15) is 37.6 Å². The van der Waals surface area contributed by atoms with E-state index in [0.29, 0.717) is 5.56 Å². The van der Waals surface area contributed by atoms with E-state index in [1.165, 1.54) is 0 Å². The van der Waals surface area contributed by atoms with Crippen LogP contribution >= 0.6 is 22.6 Å². The molecule has 7 heteroatoms. The van der Waals surface area contributed by atoms with Gasteiger partial charge in [0.05, 0.1) is 6.42 Å². The highest BCUT2D eigenvalue weighted by Gasteiger charge is 2.27. The Balaban J connectivity index is 2.87. The third-order valence-corrected chi connectivity index (χ3v) is 3.26. The van der Waals surface area contributed by atoms with Crippen LogP contribution in [0.15, 0.2) is 24.3 Å². The number of nitrogens with one attached hydrogen (secondary N) is 2. The molecule has 3 N–H and O–H groups in total. The topological polar surface area (TPSA) is 95.5 Å². The summed E-state index contributed by atoms with van der Waals surface area (Å²) in [6, 6.07) is 5.70. The lowest BCUT2D eigenvalue weighted by Crippen LogP contribution is -2.52. The highest BCUT2D eigenvalue weighted by molar-refractivity contribution is 14.1. The normalized spacial score (nSPS) is 12.4. The Morgan fingerprint density at radius 3 is 2.41 bits per heavy atom. The Labute approximate surface area is 142 Å². The molecule has 0 spiro atoms. The van der Waals surface area contributed by atoms with Gasteiger partial charge in [-0.1, -0.05) is 6.07 Å². The van der Waals surface area contributed by atoms with Crippen LogP contribution in [0.3, 0.4) is 0 Å². The van der Waals surface area contributed by atoms with Gasteiger partial charge in [-0.25, -0.2) is 0 Å². The molecule has 0 aliphatic heterocycles. The van der Waals surface area contributed by atoms with E-state index in [1.54, 1.807) is 39.0 Å². The van der Waals surface area contributed by atoms with E-state index in [4.69, 9.17) is 5.11 Å². The molecule has 1 rings (SSSR count). The fourth-order valence-electron chi connectivity index (χ4n) is 1.71.